The highest BCUT2D eigenvalue weighted by Gasteiger charge is 2.10. The van der Waals surface area contributed by atoms with Crippen LogP contribution in [0.2, 0.25) is 0 Å². The fourth-order valence-corrected chi connectivity index (χ4v) is 2.07. The third-order valence-electron chi connectivity index (χ3n) is 3.35. The average Bonchev–Trinajstić information content (AvgIpc) is 2.58. The molecule has 122 valence electrons. The predicted octanol–water partition coefficient (Wildman–Crippen LogP) is 3.81. The van der Waals surface area contributed by atoms with Gasteiger partial charge in [-0.25, -0.2) is 8.78 Å². The lowest BCUT2D eigenvalue weighted by molar-refractivity contribution is 0.590. The van der Waals surface area contributed by atoms with Gasteiger partial charge in [0, 0.05) is 6.54 Å². The number of benzene rings is 2. The van der Waals surface area contributed by atoms with Gasteiger partial charge >= 0.3 is 0 Å². The van der Waals surface area contributed by atoms with E-state index in [9.17, 15) is 8.78 Å². The maximum atomic E-state index is 13.6. The number of nitrogens with zero attached hydrogens (tertiary/aromatic N) is 3. The van der Waals surface area contributed by atoms with Crippen LogP contribution in [-0.4, -0.2) is 15.2 Å². The van der Waals surface area contributed by atoms with Gasteiger partial charge in [0.15, 0.2) is 5.82 Å². The van der Waals surface area contributed by atoms with Gasteiger partial charge in [0.2, 0.25) is 5.95 Å². The minimum atomic E-state index is -0.725. The standard InChI is InChI=1S/C17H15F2N5/c1-11-5-7-12(8-6-11)9-20-15-10-21-24-17(22-15)23-16-13(18)3-2-4-14(16)19/h2-8,10H,9H2,1H3,(H2,20,22,23,24). The minimum Gasteiger partial charge on any atom is -0.365 e. The lowest BCUT2D eigenvalue weighted by Crippen LogP contribution is -2.07. The second-order valence-corrected chi connectivity index (χ2v) is 5.23. The van der Waals surface area contributed by atoms with E-state index in [1.807, 2.05) is 31.2 Å². The normalized spacial score (nSPS) is 10.5. The molecule has 0 fully saturated rings. The molecule has 2 N–H and O–H groups in total. The second-order valence-electron chi connectivity index (χ2n) is 5.23. The zero-order valence-electron chi connectivity index (χ0n) is 12.9. The summed E-state index contributed by atoms with van der Waals surface area (Å²) in [6.07, 6.45) is 1.44. The van der Waals surface area contributed by atoms with Crippen LogP contribution in [0.25, 0.3) is 0 Å². The monoisotopic (exact) mass is 327 g/mol. The van der Waals surface area contributed by atoms with E-state index in [2.05, 4.69) is 25.8 Å². The highest BCUT2D eigenvalue weighted by molar-refractivity contribution is 5.55. The van der Waals surface area contributed by atoms with Gasteiger partial charge in [0.05, 0.1) is 6.20 Å². The van der Waals surface area contributed by atoms with Crippen LogP contribution in [0.1, 0.15) is 11.1 Å². The predicted molar refractivity (Wildman–Crippen MR) is 88.0 cm³/mol. The summed E-state index contributed by atoms with van der Waals surface area (Å²) in [5, 5.41) is 13.1. The van der Waals surface area contributed by atoms with Crippen LogP contribution in [-0.2, 0) is 6.54 Å². The fourth-order valence-electron chi connectivity index (χ4n) is 2.07. The molecule has 0 bridgehead atoms. The summed E-state index contributed by atoms with van der Waals surface area (Å²) >= 11 is 0. The maximum Gasteiger partial charge on any atom is 0.249 e. The van der Waals surface area contributed by atoms with Crippen molar-refractivity contribution in [3.8, 4) is 0 Å². The molecule has 0 radical (unpaired) electrons. The Kier molecular flexibility index (Phi) is 4.60. The topological polar surface area (TPSA) is 62.7 Å². The van der Waals surface area contributed by atoms with Gasteiger partial charge in [0.25, 0.3) is 0 Å². The van der Waals surface area contributed by atoms with Crippen molar-refractivity contribution in [1.82, 2.24) is 15.2 Å². The van der Waals surface area contributed by atoms with E-state index in [1.165, 1.54) is 17.8 Å². The summed E-state index contributed by atoms with van der Waals surface area (Å²) < 4.78 is 27.3. The molecule has 0 atom stereocenters. The van der Waals surface area contributed by atoms with Crippen LogP contribution in [0.3, 0.4) is 0 Å². The van der Waals surface area contributed by atoms with E-state index in [4.69, 9.17) is 0 Å². The summed E-state index contributed by atoms with van der Waals surface area (Å²) in [4.78, 5) is 4.15. The molecule has 0 amide bonds. The molecule has 1 aromatic heterocycles. The van der Waals surface area contributed by atoms with Crippen molar-refractivity contribution in [1.29, 1.82) is 0 Å². The Labute approximate surface area is 137 Å². The van der Waals surface area contributed by atoms with Gasteiger partial charge in [-0.15, -0.1) is 5.10 Å². The summed E-state index contributed by atoms with van der Waals surface area (Å²) in [6.45, 7) is 2.57. The Bertz CT molecular complexity index is 816. The molecule has 5 nitrogen and oxygen atoms in total. The van der Waals surface area contributed by atoms with Crippen molar-refractivity contribution in [2.75, 3.05) is 10.6 Å². The van der Waals surface area contributed by atoms with Crippen LogP contribution in [0.5, 0.6) is 0 Å². The molecule has 0 aliphatic rings. The molecule has 0 aliphatic carbocycles. The molecule has 7 heteroatoms. The zero-order valence-corrected chi connectivity index (χ0v) is 12.9. The number of nitrogens with one attached hydrogen (secondary N) is 2. The van der Waals surface area contributed by atoms with Crippen molar-refractivity contribution in [2.24, 2.45) is 0 Å². The highest BCUT2D eigenvalue weighted by atomic mass is 19.1. The van der Waals surface area contributed by atoms with E-state index in [1.54, 1.807) is 0 Å². The summed E-state index contributed by atoms with van der Waals surface area (Å²) in [5.74, 6) is -0.994. The van der Waals surface area contributed by atoms with Crippen molar-refractivity contribution >= 4 is 17.5 Å². The molecule has 24 heavy (non-hydrogen) atoms. The van der Waals surface area contributed by atoms with Crippen molar-refractivity contribution < 1.29 is 8.78 Å². The van der Waals surface area contributed by atoms with E-state index < -0.39 is 11.6 Å². The SMILES string of the molecule is Cc1ccc(CNc2cnnc(Nc3c(F)cccc3F)n2)cc1. The summed E-state index contributed by atoms with van der Waals surface area (Å²) in [7, 11) is 0. The number of hydrogen-bond acceptors (Lipinski definition) is 5. The maximum absolute atomic E-state index is 13.6. The zero-order chi connectivity index (χ0) is 16.9. The molecular weight excluding hydrogens is 312 g/mol. The molecule has 1 heterocycles. The third kappa shape index (κ3) is 3.81. The van der Waals surface area contributed by atoms with Crippen molar-refractivity contribution in [2.45, 2.75) is 13.5 Å². The Hall–Kier alpha value is -3.09. The molecule has 0 unspecified atom stereocenters. The van der Waals surface area contributed by atoms with Crippen LogP contribution in [0, 0.1) is 18.6 Å². The third-order valence-corrected chi connectivity index (χ3v) is 3.35. The van der Waals surface area contributed by atoms with Crippen LogP contribution >= 0.6 is 0 Å². The van der Waals surface area contributed by atoms with Crippen molar-refractivity contribution in [3.63, 3.8) is 0 Å². The first-order chi connectivity index (χ1) is 11.6. The molecule has 2 aromatic carbocycles. The highest BCUT2D eigenvalue weighted by Crippen LogP contribution is 2.21. The number of hydrogen-bond donors (Lipinski definition) is 2. The average molecular weight is 327 g/mol. The van der Waals surface area contributed by atoms with E-state index in [0.717, 1.165) is 17.7 Å². The van der Waals surface area contributed by atoms with Crippen molar-refractivity contribution in [3.05, 3.63) is 71.4 Å². The van der Waals surface area contributed by atoms with Gasteiger partial charge < -0.3 is 10.6 Å². The van der Waals surface area contributed by atoms with Gasteiger partial charge in [-0.2, -0.15) is 10.1 Å². The Morgan fingerprint density at radius 3 is 2.42 bits per heavy atom. The van der Waals surface area contributed by atoms with Gasteiger partial charge in [-0.1, -0.05) is 35.9 Å². The van der Waals surface area contributed by atoms with Crippen LogP contribution in [0.4, 0.5) is 26.2 Å². The lowest BCUT2D eigenvalue weighted by Gasteiger charge is -2.09. The number of para-hydroxylation sites is 1. The molecule has 0 saturated carbocycles. The number of aromatic nitrogens is 3. The van der Waals surface area contributed by atoms with Gasteiger partial charge in [0.1, 0.15) is 17.3 Å². The number of halogens is 2. The molecule has 0 saturated heterocycles. The number of aryl methyl sites for hydroxylation is 1. The first kappa shape index (κ1) is 15.8. The summed E-state index contributed by atoms with van der Waals surface area (Å²) in [6, 6.07) is 11.6. The number of anilines is 3. The molecular formula is C17H15F2N5. The van der Waals surface area contributed by atoms with E-state index in [0.29, 0.717) is 12.4 Å². The Morgan fingerprint density at radius 1 is 1.00 bits per heavy atom. The van der Waals surface area contributed by atoms with E-state index in [-0.39, 0.29) is 11.6 Å². The molecule has 3 rings (SSSR count). The summed E-state index contributed by atoms with van der Waals surface area (Å²) in [5.41, 5.74) is 1.95. The minimum absolute atomic E-state index is 0.00732. The molecule has 3 aromatic rings. The Balaban J connectivity index is 1.71. The van der Waals surface area contributed by atoms with E-state index >= 15 is 0 Å². The first-order valence-corrected chi connectivity index (χ1v) is 7.32. The first-order valence-electron chi connectivity index (χ1n) is 7.32. The van der Waals surface area contributed by atoms with Crippen LogP contribution < -0.4 is 10.6 Å². The van der Waals surface area contributed by atoms with Crippen LogP contribution in [0.15, 0.2) is 48.7 Å². The quantitative estimate of drug-likeness (QED) is 0.746. The second kappa shape index (κ2) is 6.99. The van der Waals surface area contributed by atoms with Gasteiger partial charge in [-0.05, 0) is 24.6 Å². The molecule has 0 aliphatic heterocycles. The lowest BCUT2D eigenvalue weighted by atomic mass is 10.1. The Morgan fingerprint density at radius 2 is 1.71 bits per heavy atom. The largest absolute Gasteiger partial charge is 0.365 e. The smallest absolute Gasteiger partial charge is 0.249 e. The fraction of sp³-hybridized carbons (Fsp3) is 0.118. The number of rotatable bonds is 5. The van der Waals surface area contributed by atoms with Gasteiger partial charge in [-0.3, -0.25) is 0 Å². The molecule has 0 spiro atoms.